The Morgan fingerprint density at radius 2 is 2.14 bits per heavy atom. The van der Waals surface area contributed by atoms with Gasteiger partial charge in [-0.2, -0.15) is 5.10 Å². The van der Waals surface area contributed by atoms with Crippen LogP contribution in [-0.2, 0) is 6.54 Å². The second kappa shape index (κ2) is 6.44. The highest BCUT2D eigenvalue weighted by molar-refractivity contribution is 9.10. The topological polar surface area (TPSA) is 64.0 Å². The van der Waals surface area contributed by atoms with E-state index >= 15 is 0 Å². The van der Waals surface area contributed by atoms with E-state index in [1.807, 2.05) is 12.1 Å². The van der Waals surface area contributed by atoms with Crippen molar-refractivity contribution in [1.29, 1.82) is 0 Å². The van der Waals surface area contributed by atoms with E-state index in [4.69, 9.17) is 0 Å². The molecule has 1 aliphatic carbocycles. The summed E-state index contributed by atoms with van der Waals surface area (Å²) in [5.74, 6) is 0.343. The van der Waals surface area contributed by atoms with E-state index in [-0.39, 0.29) is 11.5 Å². The quantitative estimate of drug-likeness (QED) is 0.888. The second-order valence-electron chi connectivity index (χ2n) is 5.36. The highest BCUT2D eigenvalue weighted by atomic mass is 79.9. The van der Waals surface area contributed by atoms with Gasteiger partial charge in [0.2, 0.25) is 0 Å². The lowest BCUT2D eigenvalue weighted by molar-refractivity contribution is 0.0951. The molecule has 1 N–H and O–H groups in total. The van der Waals surface area contributed by atoms with Gasteiger partial charge in [0.15, 0.2) is 0 Å². The number of benzene rings is 1. The molecule has 6 heteroatoms. The van der Waals surface area contributed by atoms with Crippen molar-refractivity contribution in [3.05, 3.63) is 62.5 Å². The Hall–Kier alpha value is -1.95. The molecule has 1 saturated carbocycles. The van der Waals surface area contributed by atoms with Crippen molar-refractivity contribution in [2.75, 3.05) is 6.54 Å². The SMILES string of the molecule is O=C(NCCn1nc(C2CC2)ccc1=O)c1cccc(Br)c1. The van der Waals surface area contributed by atoms with E-state index < -0.39 is 0 Å². The standard InChI is InChI=1S/C16H16BrN3O2/c17-13-3-1-2-12(10-13)16(22)18-8-9-20-15(21)7-6-14(19-20)11-4-5-11/h1-3,6-7,10-11H,4-5,8-9H2,(H,18,22). The zero-order chi connectivity index (χ0) is 15.5. The monoisotopic (exact) mass is 361 g/mol. The lowest BCUT2D eigenvalue weighted by atomic mass is 10.2. The number of rotatable bonds is 5. The van der Waals surface area contributed by atoms with Gasteiger partial charge in [-0.25, -0.2) is 4.68 Å². The molecule has 1 aliphatic rings. The smallest absolute Gasteiger partial charge is 0.266 e. The summed E-state index contributed by atoms with van der Waals surface area (Å²) < 4.78 is 2.28. The molecule has 0 bridgehead atoms. The predicted octanol–water partition coefficient (Wildman–Crippen LogP) is 2.31. The van der Waals surface area contributed by atoms with E-state index in [9.17, 15) is 9.59 Å². The average molecular weight is 362 g/mol. The number of nitrogens with one attached hydrogen (secondary N) is 1. The second-order valence-corrected chi connectivity index (χ2v) is 6.28. The normalized spacial score (nSPS) is 13.9. The van der Waals surface area contributed by atoms with Crippen molar-refractivity contribution in [3.8, 4) is 0 Å². The van der Waals surface area contributed by atoms with Crippen LogP contribution in [0.25, 0.3) is 0 Å². The summed E-state index contributed by atoms with van der Waals surface area (Å²) in [5, 5.41) is 7.17. The summed E-state index contributed by atoms with van der Waals surface area (Å²) in [6.45, 7) is 0.742. The number of hydrogen-bond donors (Lipinski definition) is 1. The first-order chi connectivity index (χ1) is 10.6. The zero-order valence-corrected chi connectivity index (χ0v) is 13.5. The first-order valence-corrected chi connectivity index (χ1v) is 8.04. The van der Waals surface area contributed by atoms with Crippen molar-refractivity contribution in [1.82, 2.24) is 15.1 Å². The molecule has 1 heterocycles. The largest absolute Gasteiger partial charge is 0.350 e. The Morgan fingerprint density at radius 3 is 2.86 bits per heavy atom. The fraction of sp³-hybridized carbons (Fsp3) is 0.312. The van der Waals surface area contributed by atoms with E-state index in [2.05, 4.69) is 26.3 Å². The Bertz CT molecular complexity index is 753. The van der Waals surface area contributed by atoms with E-state index in [0.717, 1.165) is 23.0 Å². The Balaban J connectivity index is 1.60. The number of carbonyl (C=O) groups is 1. The Labute approximate surface area is 136 Å². The van der Waals surface area contributed by atoms with Crippen molar-refractivity contribution in [2.45, 2.75) is 25.3 Å². The van der Waals surface area contributed by atoms with Gasteiger partial charge in [-0.3, -0.25) is 9.59 Å². The molecule has 0 radical (unpaired) electrons. The summed E-state index contributed by atoms with van der Waals surface area (Å²) in [6, 6.07) is 10.5. The first kappa shape index (κ1) is 15.0. The van der Waals surface area contributed by atoms with E-state index in [0.29, 0.717) is 24.6 Å². The number of aromatic nitrogens is 2. The molecular weight excluding hydrogens is 346 g/mol. The van der Waals surface area contributed by atoms with Crippen LogP contribution in [0.2, 0.25) is 0 Å². The maximum atomic E-state index is 12.0. The van der Waals surface area contributed by atoms with Gasteiger partial charge in [0.1, 0.15) is 0 Å². The van der Waals surface area contributed by atoms with Crippen LogP contribution in [0.4, 0.5) is 0 Å². The van der Waals surface area contributed by atoms with Crippen molar-refractivity contribution in [3.63, 3.8) is 0 Å². The maximum Gasteiger partial charge on any atom is 0.266 e. The molecule has 1 aromatic heterocycles. The molecule has 114 valence electrons. The highest BCUT2D eigenvalue weighted by Gasteiger charge is 2.25. The fourth-order valence-corrected chi connectivity index (χ4v) is 2.63. The lowest BCUT2D eigenvalue weighted by Gasteiger charge is -2.08. The van der Waals surface area contributed by atoms with Gasteiger partial charge in [0.25, 0.3) is 11.5 Å². The summed E-state index contributed by atoms with van der Waals surface area (Å²) in [7, 11) is 0. The van der Waals surface area contributed by atoms with Crippen LogP contribution >= 0.6 is 15.9 Å². The summed E-state index contributed by atoms with van der Waals surface area (Å²) >= 11 is 3.34. The van der Waals surface area contributed by atoms with E-state index in [1.54, 1.807) is 24.3 Å². The molecule has 2 aromatic rings. The van der Waals surface area contributed by atoms with Crippen molar-refractivity contribution < 1.29 is 4.79 Å². The van der Waals surface area contributed by atoms with Crippen LogP contribution < -0.4 is 10.9 Å². The van der Waals surface area contributed by atoms with Crippen molar-refractivity contribution in [2.24, 2.45) is 0 Å². The van der Waals surface area contributed by atoms with Crippen LogP contribution in [0.3, 0.4) is 0 Å². The van der Waals surface area contributed by atoms with Crippen LogP contribution in [0, 0.1) is 0 Å². The molecule has 5 nitrogen and oxygen atoms in total. The molecule has 1 amide bonds. The lowest BCUT2D eigenvalue weighted by Crippen LogP contribution is -2.32. The van der Waals surface area contributed by atoms with Gasteiger partial charge in [-0.1, -0.05) is 22.0 Å². The molecule has 0 saturated heterocycles. The fourth-order valence-electron chi connectivity index (χ4n) is 2.23. The number of nitrogens with zero attached hydrogens (tertiary/aromatic N) is 2. The molecule has 22 heavy (non-hydrogen) atoms. The molecular formula is C16H16BrN3O2. The summed E-state index contributed by atoms with van der Waals surface area (Å²) in [4.78, 5) is 23.8. The van der Waals surface area contributed by atoms with Crippen LogP contribution in [-0.4, -0.2) is 22.2 Å². The molecule has 1 aromatic carbocycles. The van der Waals surface area contributed by atoms with E-state index in [1.165, 1.54) is 4.68 Å². The summed E-state index contributed by atoms with van der Waals surface area (Å²) in [6.07, 6.45) is 2.29. The van der Waals surface area contributed by atoms with Gasteiger partial charge in [0, 0.05) is 28.6 Å². The zero-order valence-electron chi connectivity index (χ0n) is 12.0. The van der Waals surface area contributed by atoms with Gasteiger partial charge >= 0.3 is 0 Å². The highest BCUT2D eigenvalue weighted by Crippen LogP contribution is 2.38. The van der Waals surface area contributed by atoms with Gasteiger partial charge < -0.3 is 5.32 Å². The first-order valence-electron chi connectivity index (χ1n) is 7.25. The maximum absolute atomic E-state index is 12.0. The third-order valence-corrected chi connectivity index (χ3v) is 4.07. The molecule has 0 unspecified atom stereocenters. The van der Waals surface area contributed by atoms with Gasteiger partial charge in [-0.05, 0) is 37.1 Å². The van der Waals surface area contributed by atoms with Crippen molar-refractivity contribution >= 4 is 21.8 Å². The Morgan fingerprint density at radius 1 is 1.32 bits per heavy atom. The molecule has 3 rings (SSSR count). The summed E-state index contributed by atoms with van der Waals surface area (Å²) in [5.41, 5.74) is 1.42. The number of hydrogen-bond acceptors (Lipinski definition) is 3. The van der Waals surface area contributed by atoms with Gasteiger partial charge in [0.05, 0.1) is 12.2 Å². The number of amides is 1. The average Bonchev–Trinajstić information content (AvgIpc) is 3.34. The molecule has 0 aliphatic heterocycles. The number of halogens is 1. The predicted molar refractivity (Wildman–Crippen MR) is 86.9 cm³/mol. The van der Waals surface area contributed by atoms with Gasteiger partial charge in [-0.15, -0.1) is 0 Å². The Kier molecular flexibility index (Phi) is 4.38. The van der Waals surface area contributed by atoms with Crippen LogP contribution in [0.1, 0.15) is 34.8 Å². The number of carbonyl (C=O) groups excluding carboxylic acids is 1. The van der Waals surface area contributed by atoms with Crippen LogP contribution in [0.5, 0.6) is 0 Å². The molecule has 0 atom stereocenters. The molecule has 0 spiro atoms. The third-order valence-electron chi connectivity index (χ3n) is 3.58. The van der Waals surface area contributed by atoms with Crippen LogP contribution in [0.15, 0.2) is 45.7 Å². The minimum Gasteiger partial charge on any atom is -0.350 e. The molecule has 1 fully saturated rings. The third kappa shape index (κ3) is 3.62. The minimum absolute atomic E-state index is 0.138. The minimum atomic E-state index is -0.160.